The van der Waals surface area contributed by atoms with Crippen LogP contribution in [0, 0.1) is 6.92 Å². The molecule has 1 amide bonds. The number of piperidine rings is 1. The van der Waals surface area contributed by atoms with Crippen LogP contribution in [0.5, 0.6) is 11.6 Å². The summed E-state index contributed by atoms with van der Waals surface area (Å²) in [6, 6.07) is 5.67. The van der Waals surface area contributed by atoms with E-state index in [1.54, 1.807) is 38.1 Å². The van der Waals surface area contributed by atoms with E-state index in [1.807, 2.05) is 26.1 Å². The summed E-state index contributed by atoms with van der Waals surface area (Å²) in [5, 5.41) is 8.06. The highest BCUT2D eigenvalue weighted by Crippen LogP contribution is 2.29. The number of aryl methyl sites for hydroxylation is 1. The minimum Gasteiger partial charge on any atom is -0.489 e. The van der Waals surface area contributed by atoms with Crippen molar-refractivity contribution >= 4 is 11.7 Å². The van der Waals surface area contributed by atoms with Gasteiger partial charge in [0.1, 0.15) is 17.7 Å². The summed E-state index contributed by atoms with van der Waals surface area (Å²) in [4.78, 5) is 25.1. The second kappa shape index (κ2) is 9.96. The molecular weight excluding hydrogens is 396 g/mol. The number of ether oxygens (including phenoxy) is 2. The van der Waals surface area contributed by atoms with Gasteiger partial charge in [-0.3, -0.25) is 4.79 Å². The Kier molecular flexibility index (Phi) is 7.33. The molecule has 0 unspecified atom stereocenters. The van der Waals surface area contributed by atoms with Crippen LogP contribution >= 0.6 is 0 Å². The third-order valence-electron chi connectivity index (χ3n) is 5.19. The van der Waals surface area contributed by atoms with Gasteiger partial charge in [-0.05, 0) is 38.5 Å². The van der Waals surface area contributed by atoms with Gasteiger partial charge in [-0.1, -0.05) is 0 Å². The second-order valence-electron chi connectivity index (χ2n) is 8.22. The fourth-order valence-electron chi connectivity index (χ4n) is 3.70. The van der Waals surface area contributed by atoms with Crippen molar-refractivity contribution in [1.82, 2.24) is 14.9 Å². The molecule has 0 spiro atoms. The number of pyridine rings is 2. The molecule has 1 N–H and O–H groups in total. The number of hydrogen-bond acceptors (Lipinski definition) is 7. The molecule has 0 bridgehead atoms. The van der Waals surface area contributed by atoms with Crippen LogP contribution in [0.15, 0.2) is 24.4 Å². The van der Waals surface area contributed by atoms with Crippen molar-refractivity contribution in [3.63, 3.8) is 0 Å². The average molecular weight is 429 g/mol. The number of carbonyl (C=O) groups is 1. The number of hydrogen-bond donors (Lipinski definition) is 1. The van der Waals surface area contributed by atoms with Gasteiger partial charge in [0.05, 0.1) is 31.1 Å². The molecule has 2 aliphatic heterocycles. The van der Waals surface area contributed by atoms with Crippen LogP contribution in [0.1, 0.15) is 48.3 Å². The number of aliphatic hydroxyl groups is 1. The minimum atomic E-state index is -0.167. The number of methoxy groups -OCH3 is 1. The predicted octanol–water partition coefficient (Wildman–Crippen LogP) is 2.81. The fourth-order valence-corrected chi connectivity index (χ4v) is 3.70. The SMILES string of the molecule is CC(C)O.COc1ccc(OC2CCN(c3nc4c(cc3C)C(=O)N(C)C4)CC2)cn1. The Hall–Kier alpha value is -2.87. The third-order valence-corrected chi connectivity index (χ3v) is 5.19. The van der Waals surface area contributed by atoms with Crippen molar-refractivity contribution in [3.05, 3.63) is 41.2 Å². The molecule has 4 rings (SSSR count). The molecule has 1 fully saturated rings. The maximum Gasteiger partial charge on any atom is 0.255 e. The molecular formula is C23H32N4O4. The normalized spacial score (nSPS) is 16.2. The van der Waals surface area contributed by atoms with Crippen molar-refractivity contribution in [1.29, 1.82) is 0 Å². The molecule has 2 aromatic rings. The molecule has 0 aliphatic carbocycles. The number of rotatable bonds is 4. The van der Waals surface area contributed by atoms with Crippen LogP contribution in [0.3, 0.4) is 0 Å². The van der Waals surface area contributed by atoms with E-state index in [4.69, 9.17) is 19.6 Å². The Morgan fingerprint density at radius 1 is 1.23 bits per heavy atom. The molecule has 8 nitrogen and oxygen atoms in total. The zero-order chi connectivity index (χ0) is 22.5. The van der Waals surface area contributed by atoms with Crippen LogP contribution in [-0.2, 0) is 6.54 Å². The van der Waals surface area contributed by atoms with Gasteiger partial charge in [-0.25, -0.2) is 9.97 Å². The molecule has 0 radical (unpaired) electrons. The smallest absolute Gasteiger partial charge is 0.255 e. The van der Waals surface area contributed by atoms with Crippen LogP contribution in [-0.4, -0.2) is 65.3 Å². The number of carbonyl (C=O) groups excluding carboxylic acids is 1. The van der Waals surface area contributed by atoms with E-state index in [2.05, 4.69) is 9.88 Å². The molecule has 2 aromatic heterocycles. The molecule has 8 heteroatoms. The van der Waals surface area contributed by atoms with E-state index >= 15 is 0 Å². The van der Waals surface area contributed by atoms with E-state index < -0.39 is 0 Å². The quantitative estimate of drug-likeness (QED) is 0.801. The van der Waals surface area contributed by atoms with Gasteiger partial charge in [0.25, 0.3) is 5.91 Å². The van der Waals surface area contributed by atoms with Crippen LogP contribution in [0.25, 0.3) is 0 Å². The maximum atomic E-state index is 12.1. The Bertz CT molecular complexity index is 890. The Morgan fingerprint density at radius 2 is 1.90 bits per heavy atom. The number of nitrogens with zero attached hydrogens (tertiary/aromatic N) is 4. The van der Waals surface area contributed by atoms with Gasteiger partial charge in [0, 0.05) is 45.1 Å². The first kappa shape index (κ1) is 22.8. The molecule has 2 aliphatic rings. The Morgan fingerprint density at radius 3 is 2.48 bits per heavy atom. The zero-order valence-electron chi connectivity index (χ0n) is 19.0. The van der Waals surface area contributed by atoms with E-state index in [9.17, 15) is 4.79 Å². The van der Waals surface area contributed by atoms with Gasteiger partial charge >= 0.3 is 0 Å². The molecule has 0 saturated carbocycles. The van der Waals surface area contributed by atoms with Crippen LogP contribution in [0.4, 0.5) is 5.82 Å². The topological polar surface area (TPSA) is 88.0 Å². The van der Waals surface area contributed by atoms with Crippen molar-refractivity contribution in [2.45, 2.75) is 52.4 Å². The lowest BCUT2D eigenvalue weighted by Crippen LogP contribution is -2.39. The first-order valence-corrected chi connectivity index (χ1v) is 10.6. The van der Waals surface area contributed by atoms with Crippen LogP contribution < -0.4 is 14.4 Å². The van der Waals surface area contributed by atoms with Crippen LogP contribution in [0.2, 0.25) is 0 Å². The summed E-state index contributed by atoms with van der Waals surface area (Å²) < 4.78 is 11.1. The Balaban J connectivity index is 0.000000628. The highest BCUT2D eigenvalue weighted by atomic mass is 16.5. The standard InChI is InChI=1S/C20H24N4O3.C3H8O/c1-13-10-16-17(12-23(2)20(16)25)22-19(13)24-8-6-14(7-9-24)27-15-4-5-18(26-3)21-11-15;1-3(2)4/h4-5,10-11,14H,6-9,12H2,1-3H3;3-4H,1-2H3. The monoisotopic (exact) mass is 428 g/mol. The largest absolute Gasteiger partial charge is 0.489 e. The first-order chi connectivity index (χ1) is 14.8. The summed E-state index contributed by atoms with van der Waals surface area (Å²) in [6.07, 6.45) is 3.54. The lowest BCUT2D eigenvalue weighted by atomic mass is 10.1. The van der Waals surface area contributed by atoms with Crippen molar-refractivity contribution in [2.75, 3.05) is 32.1 Å². The lowest BCUT2D eigenvalue weighted by Gasteiger charge is -2.33. The van der Waals surface area contributed by atoms with E-state index in [-0.39, 0.29) is 18.1 Å². The zero-order valence-corrected chi connectivity index (χ0v) is 19.0. The number of aliphatic hydroxyl groups excluding tert-OH is 1. The maximum absolute atomic E-state index is 12.1. The van der Waals surface area contributed by atoms with Gasteiger partial charge < -0.3 is 24.4 Å². The predicted molar refractivity (Wildman–Crippen MR) is 119 cm³/mol. The number of fused-ring (bicyclic) bond motifs is 1. The summed E-state index contributed by atoms with van der Waals surface area (Å²) in [7, 11) is 3.41. The third kappa shape index (κ3) is 5.64. The summed E-state index contributed by atoms with van der Waals surface area (Å²) in [5.41, 5.74) is 2.67. The molecule has 4 heterocycles. The summed E-state index contributed by atoms with van der Waals surface area (Å²) in [5.74, 6) is 2.40. The van der Waals surface area contributed by atoms with E-state index in [0.29, 0.717) is 12.4 Å². The van der Waals surface area contributed by atoms with Crippen molar-refractivity contribution < 1.29 is 19.4 Å². The highest BCUT2D eigenvalue weighted by Gasteiger charge is 2.29. The second-order valence-corrected chi connectivity index (χ2v) is 8.22. The molecule has 31 heavy (non-hydrogen) atoms. The highest BCUT2D eigenvalue weighted by molar-refractivity contribution is 5.98. The molecule has 168 valence electrons. The van der Waals surface area contributed by atoms with E-state index in [1.165, 1.54) is 0 Å². The van der Waals surface area contributed by atoms with Gasteiger partial charge in [-0.2, -0.15) is 0 Å². The van der Waals surface area contributed by atoms with Crippen molar-refractivity contribution in [2.24, 2.45) is 0 Å². The lowest BCUT2D eigenvalue weighted by molar-refractivity contribution is 0.0816. The van der Waals surface area contributed by atoms with Gasteiger partial charge in [0.15, 0.2) is 0 Å². The van der Waals surface area contributed by atoms with Gasteiger partial charge in [-0.15, -0.1) is 0 Å². The summed E-state index contributed by atoms with van der Waals surface area (Å²) >= 11 is 0. The molecule has 1 saturated heterocycles. The number of amides is 1. The summed E-state index contributed by atoms with van der Waals surface area (Å²) in [6.45, 7) is 7.82. The minimum absolute atomic E-state index is 0.0624. The Labute approximate surface area is 183 Å². The van der Waals surface area contributed by atoms with E-state index in [0.717, 1.165) is 54.3 Å². The van der Waals surface area contributed by atoms with Crippen molar-refractivity contribution in [3.8, 4) is 11.6 Å². The number of anilines is 1. The first-order valence-electron chi connectivity index (χ1n) is 10.6. The number of aromatic nitrogens is 2. The molecule has 0 aromatic carbocycles. The van der Waals surface area contributed by atoms with Gasteiger partial charge in [0.2, 0.25) is 5.88 Å². The fraction of sp³-hybridized carbons (Fsp3) is 0.522. The molecule has 0 atom stereocenters. The average Bonchev–Trinajstić information content (AvgIpc) is 3.01.